The number of aryl methyl sites for hydroxylation is 1. The molecule has 6 heteroatoms. The van der Waals surface area contributed by atoms with Crippen molar-refractivity contribution in [3.05, 3.63) is 39.4 Å². The van der Waals surface area contributed by atoms with Gasteiger partial charge in [0.2, 0.25) is 0 Å². The number of rotatable bonds is 8. The van der Waals surface area contributed by atoms with Crippen LogP contribution in [-0.2, 0) is 0 Å². The summed E-state index contributed by atoms with van der Waals surface area (Å²) in [5, 5.41) is 13.5. The fraction of sp³-hybridized carbons (Fsp3) is 0.500. The number of nitro groups is 1. The second-order valence-corrected chi connectivity index (χ2v) is 4.99. The van der Waals surface area contributed by atoms with Crippen molar-refractivity contribution in [2.45, 2.75) is 32.6 Å². The molecule has 0 heterocycles. The van der Waals surface area contributed by atoms with E-state index < -0.39 is 4.92 Å². The predicted molar refractivity (Wildman–Crippen MR) is 79.4 cm³/mol. The number of unbranched alkanes of at least 4 members (excludes halogenated alkanes) is 3. The molecule has 0 saturated heterocycles. The fourth-order valence-electron chi connectivity index (χ4n) is 1.89. The van der Waals surface area contributed by atoms with Crippen LogP contribution >= 0.6 is 11.6 Å². The standard InChI is InChI=1S/C14H19ClN2O3/c1-11-10-12(17(19)20)6-7-13(11)14(18)16-9-5-3-2-4-8-15/h6-7,10H,2-5,8-9H2,1H3,(H,16,18). The molecule has 0 aliphatic rings. The number of amides is 1. The van der Waals surface area contributed by atoms with Crippen molar-refractivity contribution in [2.24, 2.45) is 0 Å². The molecule has 0 fully saturated rings. The van der Waals surface area contributed by atoms with Gasteiger partial charge in [0.15, 0.2) is 0 Å². The van der Waals surface area contributed by atoms with E-state index in [0.29, 0.717) is 23.6 Å². The van der Waals surface area contributed by atoms with Crippen LogP contribution in [0, 0.1) is 17.0 Å². The topological polar surface area (TPSA) is 72.2 Å². The van der Waals surface area contributed by atoms with Gasteiger partial charge < -0.3 is 5.32 Å². The molecule has 5 nitrogen and oxygen atoms in total. The number of carbonyl (C=O) groups excluding carboxylic acids is 1. The van der Waals surface area contributed by atoms with E-state index in [2.05, 4.69) is 5.32 Å². The largest absolute Gasteiger partial charge is 0.352 e. The van der Waals surface area contributed by atoms with Gasteiger partial charge in [0.1, 0.15) is 0 Å². The highest BCUT2D eigenvalue weighted by atomic mass is 35.5. The van der Waals surface area contributed by atoms with Gasteiger partial charge in [0, 0.05) is 30.1 Å². The van der Waals surface area contributed by atoms with E-state index in [9.17, 15) is 14.9 Å². The lowest BCUT2D eigenvalue weighted by Crippen LogP contribution is -2.25. The van der Waals surface area contributed by atoms with E-state index in [1.807, 2.05) is 0 Å². The predicted octanol–water partition coefficient (Wildman–Crippen LogP) is 3.43. The van der Waals surface area contributed by atoms with Crippen LogP contribution < -0.4 is 5.32 Å². The maximum atomic E-state index is 11.9. The molecule has 1 aromatic carbocycles. The third kappa shape index (κ3) is 5.17. The van der Waals surface area contributed by atoms with Crippen molar-refractivity contribution >= 4 is 23.2 Å². The Morgan fingerprint density at radius 2 is 2.00 bits per heavy atom. The number of nitrogens with zero attached hydrogens (tertiary/aromatic N) is 1. The van der Waals surface area contributed by atoms with Gasteiger partial charge in [-0.1, -0.05) is 12.8 Å². The Hall–Kier alpha value is -1.62. The lowest BCUT2D eigenvalue weighted by Gasteiger charge is -2.07. The number of alkyl halides is 1. The Bertz CT molecular complexity index is 477. The molecule has 0 aliphatic carbocycles. The summed E-state index contributed by atoms with van der Waals surface area (Å²) >= 11 is 5.58. The highest BCUT2D eigenvalue weighted by Crippen LogP contribution is 2.17. The number of hydrogen-bond acceptors (Lipinski definition) is 3. The van der Waals surface area contributed by atoms with Crippen LogP contribution in [0.3, 0.4) is 0 Å². The molecule has 0 aliphatic heterocycles. The Balaban J connectivity index is 2.45. The first kappa shape index (κ1) is 16.4. The zero-order chi connectivity index (χ0) is 15.0. The van der Waals surface area contributed by atoms with E-state index in [0.717, 1.165) is 25.7 Å². The van der Waals surface area contributed by atoms with E-state index in [4.69, 9.17) is 11.6 Å². The molecule has 110 valence electrons. The molecule has 1 amide bonds. The maximum absolute atomic E-state index is 11.9. The summed E-state index contributed by atoms with van der Waals surface area (Å²) in [6.45, 7) is 2.31. The molecule has 0 aromatic heterocycles. The van der Waals surface area contributed by atoms with Crippen LogP contribution in [-0.4, -0.2) is 23.3 Å². The van der Waals surface area contributed by atoms with Crippen LogP contribution in [0.15, 0.2) is 18.2 Å². The molecule has 1 aromatic rings. The van der Waals surface area contributed by atoms with Crippen molar-refractivity contribution in [1.82, 2.24) is 5.32 Å². The molecule has 0 spiro atoms. The Morgan fingerprint density at radius 1 is 1.30 bits per heavy atom. The zero-order valence-electron chi connectivity index (χ0n) is 11.5. The number of benzene rings is 1. The smallest absolute Gasteiger partial charge is 0.269 e. The average Bonchev–Trinajstić information content (AvgIpc) is 2.42. The van der Waals surface area contributed by atoms with Crippen LogP contribution in [0.4, 0.5) is 5.69 Å². The number of hydrogen-bond donors (Lipinski definition) is 1. The molecule has 0 bridgehead atoms. The van der Waals surface area contributed by atoms with E-state index in [-0.39, 0.29) is 11.6 Å². The Kier molecular flexibility index (Phi) is 7.01. The lowest BCUT2D eigenvalue weighted by atomic mass is 10.1. The number of nitro benzene ring substituents is 1. The first-order valence-corrected chi connectivity index (χ1v) is 7.19. The molecule has 20 heavy (non-hydrogen) atoms. The van der Waals surface area contributed by atoms with Crippen molar-refractivity contribution in [1.29, 1.82) is 0 Å². The SMILES string of the molecule is Cc1cc([N+](=O)[O-])ccc1C(=O)NCCCCCCCl. The minimum absolute atomic E-state index is 0.000115. The van der Waals surface area contributed by atoms with Crippen LogP contribution in [0.5, 0.6) is 0 Å². The van der Waals surface area contributed by atoms with E-state index in [1.165, 1.54) is 18.2 Å². The second kappa shape index (κ2) is 8.53. The van der Waals surface area contributed by atoms with Crippen LogP contribution in [0.1, 0.15) is 41.6 Å². The van der Waals surface area contributed by atoms with Crippen molar-refractivity contribution in [3.63, 3.8) is 0 Å². The van der Waals surface area contributed by atoms with Crippen molar-refractivity contribution in [2.75, 3.05) is 12.4 Å². The molecule has 1 rings (SSSR count). The summed E-state index contributed by atoms with van der Waals surface area (Å²) < 4.78 is 0. The van der Waals surface area contributed by atoms with Crippen LogP contribution in [0.2, 0.25) is 0 Å². The van der Waals surface area contributed by atoms with Gasteiger partial charge in [-0.15, -0.1) is 11.6 Å². The third-order valence-corrected chi connectivity index (χ3v) is 3.28. The molecule has 0 saturated carbocycles. The normalized spacial score (nSPS) is 10.3. The Morgan fingerprint density at radius 3 is 2.60 bits per heavy atom. The summed E-state index contributed by atoms with van der Waals surface area (Å²) in [6.07, 6.45) is 4.01. The minimum Gasteiger partial charge on any atom is -0.352 e. The molecule has 0 radical (unpaired) electrons. The third-order valence-electron chi connectivity index (χ3n) is 3.01. The van der Waals surface area contributed by atoms with E-state index >= 15 is 0 Å². The zero-order valence-corrected chi connectivity index (χ0v) is 12.3. The summed E-state index contributed by atoms with van der Waals surface area (Å²) in [5.41, 5.74) is 1.09. The van der Waals surface area contributed by atoms with Crippen molar-refractivity contribution < 1.29 is 9.72 Å². The molecule has 0 atom stereocenters. The summed E-state index contributed by atoms with van der Waals surface area (Å²) in [4.78, 5) is 22.1. The quantitative estimate of drug-likeness (QED) is 0.346. The van der Waals surface area contributed by atoms with Gasteiger partial charge in [-0.2, -0.15) is 0 Å². The van der Waals surface area contributed by atoms with Crippen molar-refractivity contribution in [3.8, 4) is 0 Å². The maximum Gasteiger partial charge on any atom is 0.269 e. The van der Waals surface area contributed by atoms with Gasteiger partial charge in [0.25, 0.3) is 11.6 Å². The average molecular weight is 299 g/mol. The van der Waals surface area contributed by atoms with Gasteiger partial charge in [-0.3, -0.25) is 14.9 Å². The highest BCUT2D eigenvalue weighted by Gasteiger charge is 2.12. The number of halogens is 1. The first-order chi connectivity index (χ1) is 9.56. The van der Waals surface area contributed by atoms with E-state index in [1.54, 1.807) is 6.92 Å². The molecule has 0 unspecified atom stereocenters. The van der Waals surface area contributed by atoms with Crippen LogP contribution in [0.25, 0.3) is 0 Å². The minimum atomic E-state index is -0.467. The summed E-state index contributed by atoms with van der Waals surface area (Å²) in [5.74, 6) is 0.490. The Labute approximate surface area is 123 Å². The fourth-order valence-corrected chi connectivity index (χ4v) is 2.08. The molecular weight excluding hydrogens is 280 g/mol. The first-order valence-electron chi connectivity index (χ1n) is 6.65. The monoisotopic (exact) mass is 298 g/mol. The molecular formula is C14H19ClN2O3. The number of non-ortho nitro benzene ring substituents is 1. The number of carbonyl (C=O) groups is 1. The molecule has 1 N–H and O–H groups in total. The van der Waals surface area contributed by atoms with Gasteiger partial charge in [0.05, 0.1) is 4.92 Å². The summed E-state index contributed by atoms with van der Waals surface area (Å²) in [6, 6.07) is 4.26. The van der Waals surface area contributed by atoms with Gasteiger partial charge >= 0.3 is 0 Å². The highest BCUT2D eigenvalue weighted by molar-refractivity contribution is 6.17. The van der Waals surface area contributed by atoms with Gasteiger partial charge in [-0.05, 0) is 31.4 Å². The summed E-state index contributed by atoms with van der Waals surface area (Å²) in [7, 11) is 0. The number of nitrogens with one attached hydrogen (secondary N) is 1. The lowest BCUT2D eigenvalue weighted by molar-refractivity contribution is -0.384. The van der Waals surface area contributed by atoms with Gasteiger partial charge in [-0.25, -0.2) is 0 Å². The second-order valence-electron chi connectivity index (χ2n) is 4.62.